The first-order chi connectivity index (χ1) is 9.36. The normalized spacial score (nSPS) is 15.0. The first-order valence-corrected chi connectivity index (χ1v) is 8.76. The third kappa shape index (κ3) is 5.40. The van der Waals surface area contributed by atoms with Crippen LogP contribution in [0.4, 0.5) is 0 Å². The Bertz CT molecular complexity index is 520. The first-order valence-electron chi connectivity index (χ1n) is 6.84. The van der Waals surface area contributed by atoms with Crippen LogP contribution < -0.4 is 10.0 Å². The van der Waals surface area contributed by atoms with Crippen LogP contribution >= 0.6 is 11.6 Å². The molecular formula is C14H23ClN2O2S. The van der Waals surface area contributed by atoms with Crippen LogP contribution in [0.25, 0.3) is 0 Å². The fourth-order valence-corrected chi connectivity index (χ4v) is 3.20. The number of hydrogen-bond acceptors (Lipinski definition) is 3. The van der Waals surface area contributed by atoms with Crippen LogP contribution in [0.2, 0.25) is 5.02 Å². The summed E-state index contributed by atoms with van der Waals surface area (Å²) >= 11 is 5.92. The Morgan fingerprint density at radius 1 is 1.30 bits per heavy atom. The van der Waals surface area contributed by atoms with Crippen molar-refractivity contribution in [2.24, 2.45) is 0 Å². The Morgan fingerprint density at radius 3 is 2.60 bits per heavy atom. The van der Waals surface area contributed by atoms with E-state index in [1.807, 2.05) is 26.0 Å². The van der Waals surface area contributed by atoms with Crippen LogP contribution in [0, 0.1) is 0 Å². The van der Waals surface area contributed by atoms with E-state index in [2.05, 4.69) is 10.0 Å². The molecule has 1 rings (SSSR count). The first kappa shape index (κ1) is 17.4. The van der Waals surface area contributed by atoms with Crippen LogP contribution in [0.5, 0.6) is 0 Å². The van der Waals surface area contributed by atoms with Gasteiger partial charge < -0.3 is 5.32 Å². The lowest BCUT2D eigenvalue weighted by Crippen LogP contribution is -2.40. The summed E-state index contributed by atoms with van der Waals surface area (Å²) in [5.41, 5.74) is 0.856. The molecular weight excluding hydrogens is 296 g/mol. The molecule has 0 bridgehead atoms. The van der Waals surface area contributed by atoms with Gasteiger partial charge in [-0.2, -0.15) is 0 Å². The van der Waals surface area contributed by atoms with Gasteiger partial charge in [0.15, 0.2) is 0 Å². The molecule has 0 aliphatic rings. The van der Waals surface area contributed by atoms with E-state index >= 15 is 0 Å². The van der Waals surface area contributed by atoms with Gasteiger partial charge in [-0.3, -0.25) is 0 Å². The second-order valence-electron chi connectivity index (χ2n) is 4.95. The van der Waals surface area contributed by atoms with E-state index in [0.29, 0.717) is 11.6 Å². The molecule has 114 valence electrons. The van der Waals surface area contributed by atoms with Gasteiger partial charge in [0.2, 0.25) is 10.0 Å². The summed E-state index contributed by atoms with van der Waals surface area (Å²) in [6, 6.07) is 6.92. The monoisotopic (exact) mass is 318 g/mol. The predicted octanol–water partition coefficient (Wildman–Crippen LogP) is 2.71. The van der Waals surface area contributed by atoms with Gasteiger partial charge in [0, 0.05) is 17.6 Å². The van der Waals surface area contributed by atoms with Crippen molar-refractivity contribution in [2.75, 3.05) is 13.1 Å². The molecule has 2 N–H and O–H groups in total. The maximum absolute atomic E-state index is 12.2. The molecule has 0 saturated carbocycles. The minimum absolute atomic E-state index is 0.299. The van der Waals surface area contributed by atoms with Crippen LogP contribution in [0.3, 0.4) is 0 Å². The average molecular weight is 319 g/mol. The smallest absolute Gasteiger partial charge is 0.216 e. The highest BCUT2D eigenvalue weighted by molar-refractivity contribution is 7.90. The fraction of sp³-hybridized carbons (Fsp3) is 0.571. The molecule has 4 nitrogen and oxygen atoms in total. The molecule has 0 radical (unpaired) electrons. The van der Waals surface area contributed by atoms with Crippen molar-refractivity contribution in [1.82, 2.24) is 10.0 Å². The molecule has 0 saturated heterocycles. The minimum Gasteiger partial charge on any atom is -0.315 e. The van der Waals surface area contributed by atoms with Crippen molar-refractivity contribution in [2.45, 2.75) is 38.5 Å². The number of halogens is 1. The summed E-state index contributed by atoms with van der Waals surface area (Å²) in [6.07, 6.45) is 0.985. The lowest BCUT2D eigenvalue weighted by Gasteiger charge is -2.19. The SMILES string of the molecule is CCCNCC(C)S(=O)(=O)NC(C)c1cccc(Cl)c1. The highest BCUT2D eigenvalue weighted by Crippen LogP contribution is 2.18. The van der Waals surface area contributed by atoms with E-state index in [1.54, 1.807) is 19.1 Å². The Hall–Kier alpha value is -0.620. The zero-order valence-electron chi connectivity index (χ0n) is 12.2. The van der Waals surface area contributed by atoms with Crippen LogP contribution in [0.1, 0.15) is 38.8 Å². The van der Waals surface area contributed by atoms with Crippen molar-refractivity contribution in [3.63, 3.8) is 0 Å². The Balaban J connectivity index is 2.65. The summed E-state index contributed by atoms with van der Waals surface area (Å²) in [5, 5.41) is 3.25. The van der Waals surface area contributed by atoms with Crippen LogP contribution in [-0.2, 0) is 10.0 Å². The summed E-state index contributed by atoms with van der Waals surface area (Å²) in [5.74, 6) is 0. The van der Waals surface area contributed by atoms with E-state index in [1.165, 1.54) is 0 Å². The maximum Gasteiger partial charge on any atom is 0.216 e. The van der Waals surface area contributed by atoms with Gasteiger partial charge in [-0.1, -0.05) is 30.7 Å². The molecule has 1 aromatic carbocycles. The van der Waals surface area contributed by atoms with Gasteiger partial charge >= 0.3 is 0 Å². The molecule has 0 aliphatic heterocycles. The number of hydrogen-bond donors (Lipinski definition) is 2. The predicted molar refractivity (Wildman–Crippen MR) is 84.5 cm³/mol. The van der Waals surface area contributed by atoms with Crippen molar-refractivity contribution in [3.05, 3.63) is 34.9 Å². The Kier molecular flexibility index (Phi) is 6.95. The molecule has 0 heterocycles. The molecule has 2 atom stereocenters. The van der Waals surface area contributed by atoms with Gasteiger partial charge in [-0.05, 0) is 44.5 Å². The second kappa shape index (κ2) is 7.98. The molecule has 20 heavy (non-hydrogen) atoms. The molecule has 0 fully saturated rings. The molecule has 2 unspecified atom stereocenters. The quantitative estimate of drug-likeness (QED) is 0.725. The van der Waals surface area contributed by atoms with Crippen molar-refractivity contribution < 1.29 is 8.42 Å². The highest BCUT2D eigenvalue weighted by atomic mass is 35.5. The molecule has 6 heteroatoms. The third-order valence-electron chi connectivity index (χ3n) is 3.08. The molecule has 0 amide bonds. The molecule has 1 aromatic rings. The van der Waals surface area contributed by atoms with E-state index < -0.39 is 15.3 Å². The largest absolute Gasteiger partial charge is 0.315 e. The lowest BCUT2D eigenvalue weighted by atomic mass is 10.1. The number of sulfonamides is 1. The summed E-state index contributed by atoms with van der Waals surface area (Å²) in [6.45, 7) is 6.84. The van der Waals surface area contributed by atoms with E-state index in [0.717, 1.165) is 18.5 Å². The van der Waals surface area contributed by atoms with Gasteiger partial charge in [0.05, 0.1) is 5.25 Å². The number of nitrogens with one attached hydrogen (secondary N) is 2. The zero-order valence-corrected chi connectivity index (χ0v) is 13.8. The lowest BCUT2D eigenvalue weighted by molar-refractivity contribution is 0.544. The van der Waals surface area contributed by atoms with Gasteiger partial charge in [-0.15, -0.1) is 0 Å². The number of rotatable bonds is 8. The minimum atomic E-state index is -3.36. The summed E-state index contributed by atoms with van der Waals surface area (Å²) in [4.78, 5) is 0. The van der Waals surface area contributed by atoms with Crippen molar-refractivity contribution >= 4 is 21.6 Å². The van der Waals surface area contributed by atoms with Gasteiger partial charge in [0.1, 0.15) is 0 Å². The summed E-state index contributed by atoms with van der Waals surface area (Å²) in [7, 11) is -3.36. The highest BCUT2D eigenvalue weighted by Gasteiger charge is 2.22. The third-order valence-corrected chi connectivity index (χ3v) is 5.22. The van der Waals surface area contributed by atoms with Crippen molar-refractivity contribution in [3.8, 4) is 0 Å². The topological polar surface area (TPSA) is 58.2 Å². The van der Waals surface area contributed by atoms with Gasteiger partial charge in [-0.25, -0.2) is 13.1 Å². The van der Waals surface area contributed by atoms with E-state index in [-0.39, 0.29) is 6.04 Å². The standard InChI is InChI=1S/C14H23ClN2O2S/c1-4-8-16-10-11(2)20(18,19)17-12(3)13-6-5-7-14(15)9-13/h5-7,9,11-12,16-17H,4,8,10H2,1-3H3. The molecule has 0 spiro atoms. The van der Waals surface area contributed by atoms with Crippen molar-refractivity contribution in [1.29, 1.82) is 0 Å². The Labute approximate surface area is 127 Å². The van der Waals surface area contributed by atoms with Crippen LogP contribution in [0.15, 0.2) is 24.3 Å². The fourth-order valence-electron chi connectivity index (χ4n) is 1.80. The van der Waals surface area contributed by atoms with E-state index in [4.69, 9.17) is 11.6 Å². The molecule has 0 aliphatic carbocycles. The van der Waals surface area contributed by atoms with Crippen LogP contribution in [-0.4, -0.2) is 26.8 Å². The number of benzene rings is 1. The zero-order chi connectivity index (χ0) is 15.2. The second-order valence-corrected chi connectivity index (χ2v) is 7.52. The average Bonchev–Trinajstić information content (AvgIpc) is 2.38. The summed E-state index contributed by atoms with van der Waals surface area (Å²) < 4.78 is 27.1. The Morgan fingerprint density at radius 2 is 2.00 bits per heavy atom. The van der Waals surface area contributed by atoms with Gasteiger partial charge in [0.25, 0.3) is 0 Å². The molecule has 0 aromatic heterocycles. The maximum atomic E-state index is 12.2. The van der Waals surface area contributed by atoms with E-state index in [9.17, 15) is 8.42 Å².